The molecule has 0 radical (unpaired) electrons. The number of thiazole rings is 1. The highest BCUT2D eigenvalue weighted by Gasteiger charge is 2.21. The van der Waals surface area contributed by atoms with Crippen molar-refractivity contribution in [2.24, 2.45) is 0 Å². The van der Waals surface area contributed by atoms with Gasteiger partial charge in [0.2, 0.25) is 0 Å². The molecule has 1 aliphatic heterocycles. The topological polar surface area (TPSA) is 45.6 Å². The van der Waals surface area contributed by atoms with E-state index in [1.165, 1.54) is 11.1 Å². The summed E-state index contributed by atoms with van der Waals surface area (Å²) in [7, 11) is 0. The molecule has 4 aromatic rings. The molecule has 0 bridgehead atoms. The summed E-state index contributed by atoms with van der Waals surface area (Å²) in [6.45, 7) is 5.07. The smallest absolute Gasteiger partial charge is 0.165 e. The van der Waals surface area contributed by atoms with Gasteiger partial charge in [0.25, 0.3) is 0 Å². The van der Waals surface area contributed by atoms with Crippen molar-refractivity contribution in [1.29, 1.82) is 0 Å². The Kier molecular flexibility index (Phi) is 4.70. The number of hydrogen-bond acceptors (Lipinski definition) is 5. The van der Waals surface area contributed by atoms with Crippen molar-refractivity contribution in [2.75, 3.05) is 13.2 Å². The van der Waals surface area contributed by atoms with Crippen LogP contribution in [-0.4, -0.2) is 28.1 Å². The average molecular weight is 403 g/mol. The third kappa shape index (κ3) is 3.71. The predicted molar refractivity (Wildman–Crippen MR) is 118 cm³/mol. The minimum atomic E-state index is 0.189. The van der Waals surface area contributed by atoms with E-state index in [9.17, 15) is 5.11 Å². The number of ether oxygens (including phenoxy) is 1. The Morgan fingerprint density at radius 3 is 2.76 bits per heavy atom. The van der Waals surface area contributed by atoms with E-state index in [1.54, 1.807) is 17.4 Å². The van der Waals surface area contributed by atoms with Gasteiger partial charge in [-0.1, -0.05) is 42.0 Å². The number of nitrogens with zero attached hydrogens (tertiary/aromatic N) is 2. The van der Waals surface area contributed by atoms with Crippen LogP contribution in [0.15, 0.2) is 60.7 Å². The Hall–Kier alpha value is -2.89. The molecule has 1 aliphatic rings. The molecule has 0 amide bonds. The summed E-state index contributed by atoms with van der Waals surface area (Å²) in [6, 6.07) is 20.6. The highest BCUT2D eigenvalue weighted by Crippen LogP contribution is 2.39. The first-order chi connectivity index (χ1) is 14.2. The fraction of sp³-hybridized carbons (Fsp3) is 0.208. The van der Waals surface area contributed by atoms with E-state index in [4.69, 9.17) is 9.72 Å². The number of aromatic hydroxyl groups is 1. The molecule has 146 valence electrons. The van der Waals surface area contributed by atoms with Crippen LogP contribution < -0.4 is 4.74 Å². The molecule has 1 N–H and O–H groups in total. The molecule has 0 fully saturated rings. The zero-order chi connectivity index (χ0) is 19.8. The van der Waals surface area contributed by atoms with Crippen LogP contribution >= 0.6 is 11.3 Å². The number of phenols is 1. The van der Waals surface area contributed by atoms with Gasteiger partial charge in [0.15, 0.2) is 11.5 Å². The van der Waals surface area contributed by atoms with Gasteiger partial charge in [-0.3, -0.25) is 4.90 Å². The Bertz CT molecular complexity index is 1130. The Morgan fingerprint density at radius 1 is 1.10 bits per heavy atom. The molecule has 0 saturated carbocycles. The molecule has 3 aromatic carbocycles. The van der Waals surface area contributed by atoms with E-state index in [2.05, 4.69) is 48.2 Å². The third-order valence-corrected chi connectivity index (χ3v) is 6.35. The van der Waals surface area contributed by atoms with Crippen molar-refractivity contribution in [3.63, 3.8) is 0 Å². The van der Waals surface area contributed by atoms with Gasteiger partial charge in [-0.05, 0) is 36.8 Å². The minimum absolute atomic E-state index is 0.189. The van der Waals surface area contributed by atoms with Crippen LogP contribution in [0.2, 0.25) is 0 Å². The lowest BCUT2D eigenvalue weighted by atomic mass is 10.1. The maximum absolute atomic E-state index is 10.6. The first-order valence-electron chi connectivity index (χ1n) is 9.78. The first kappa shape index (κ1) is 18.2. The standard InChI is InChI=1S/C24H22N2O2S/c1-16-6-8-17(9-7-16)14-26-10-11-28-23-19(15-26)12-18(13-21(23)27)24-25-20-4-2-3-5-22(20)29-24/h2-9,12-13,27H,10-11,14-15H2,1H3. The van der Waals surface area contributed by atoms with E-state index in [1.807, 2.05) is 18.2 Å². The van der Waals surface area contributed by atoms with E-state index in [-0.39, 0.29) is 5.75 Å². The summed E-state index contributed by atoms with van der Waals surface area (Å²) in [4.78, 5) is 7.10. The summed E-state index contributed by atoms with van der Waals surface area (Å²) in [5.41, 5.74) is 5.47. The van der Waals surface area contributed by atoms with Crippen LogP contribution in [0.4, 0.5) is 0 Å². The lowest BCUT2D eigenvalue weighted by Crippen LogP contribution is -2.25. The fourth-order valence-corrected chi connectivity index (χ4v) is 4.71. The summed E-state index contributed by atoms with van der Waals surface area (Å²) in [5.74, 6) is 0.787. The summed E-state index contributed by atoms with van der Waals surface area (Å²) >= 11 is 1.64. The molecule has 29 heavy (non-hydrogen) atoms. The molecule has 1 aromatic heterocycles. The van der Waals surface area contributed by atoms with E-state index in [0.29, 0.717) is 12.4 Å². The van der Waals surface area contributed by atoms with E-state index < -0.39 is 0 Å². The zero-order valence-corrected chi connectivity index (χ0v) is 17.1. The number of aromatic nitrogens is 1. The van der Waals surface area contributed by atoms with Crippen LogP contribution in [0.3, 0.4) is 0 Å². The number of phenolic OH excluding ortho intramolecular Hbond substituents is 1. The molecule has 0 atom stereocenters. The Labute approximate surface area is 174 Å². The van der Waals surface area contributed by atoms with Crippen LogP contribution in [-0.2, 0) is 13.1 Å². The monoisotopic (exact) mass is 402 g/mol. The van der Waals surface area contributed by atoms with Crippen LogP contribution in [0.25, 0.3) is 20.8 Å². The van der Waals surface area contributed by atoms with Gasteiger partial charge in [0.05, 0.1) is 10.2 Å². The van der Waals surface area contributed by atoms with Crippen molar-refractivity contribution in [1.82, 2.24) is 9.88 Å². The van der Waals surface area contributed by atoms with Gasteiger partial charge in [-0.25, -0.2) is 4.98 Å². The van der Waals surface area contributed by atoms with Crippen molar-refractivity contribution in [3.05, 3.63) is 77.4 Å². The third-order valence-electron chi connectivity index (χ3n) is 5.26. The van der Waals surface area contributed by atoms with Crippen molar-refractivity contribution in [3.8, 4) is 22.1 Å². The summed E-state index contributed by atoms with van der Waals surface area (Å²) in [6.07, 6.45) is 0. The van der Waals surface area contributed by atoms with Gasteiger partial charge in [-0.2, -0.15) is 0 Å². The summed E-state index contributed by atoms with van der Waals surface area (Å²) < 4.78 is 7.05. The second-order valence-corrected chi connectivity index (χ2v) is 8.55. The molecule has 5 heteroatoms. The van der Waals surface area contributed by atoms with Crippen LogP contribution in [0, 0.1) is 6.92 Å². The normalized spacial score (nSPS) is 14.4. The average Bonchev–Trinajstić information content (AvgIpc) is 3.05. The van der Waals surface area contributed by atoms with Gasteiger partial charge in [0, 0.05) is 30.8 Å². The molecule has 5 rings (SSSR count). The molecule has 0 saturated heterocycles. The van der Waals surface area contributed by atoms with Gasteiger partial charge >= 0.3 is 0 Å². The fourth-order valence-electron chi connectivity index (χ4n) is 3.76. The maximum Gasteiger partial charge on any atom is 0.165 e. The molecular formula is C24H22N2O2S. The van der Waals surface area contributed by atoms with Crippen LogP contribution in [0.1, 0.15) is 16.7 Å². The maximum atomic E-state index is 10.6. The summed E-state index contributed by atoms with van der Waals surface area (Å²) in [5, 5.41) is 11.6. The van der Waals surface area contributed by atoms with Crippen molar-refractivity contribution >= 4 is 21.6 Å². The molecule has 0 unspecified atom stereocenters. The van der Waals surface area contributed by atoms with Crippen molar-refractivity contribution < 1.29 is 9.84 Å². The van der Waals surface area contributed by atoms with Crippen LogP contribution in [0.5, 0.6) is 11.5 Å². The Morgan fingerprint density at radius 2 is 1.93 bits per heavy atom. The lowest BCUT2D eigenvalue weighted by molar-refractivity contribution is 0.217. The second kappa shape index (κ2) is 7.50. The molecular weight excluding hydrogens is 380 g/mol. The number of para-hydroxylation sites is 1. The molecule has 0 aliphatic carbocycles. The number of rotatable bonds is 3. The highest BCUT2D eigenvalue weighted by molar-refractivity contribution is 7.21. The number of benzene rings is 3. The van der Waals surface area contributed by atoms with Gasteiger partial charge in [-0.15, -0.1) is 11.3 Å². The first-order valence-corrected chi connectivity index (χ1v) is 10.6. The number of aryl methyl sites for hydroxylation is 1. The Balaban J connectivity index is 1.47. The highest BCUT2D eigenvalue weighted by atomic mass is 32.1. The molecule has 4 nitrogen and oxygen atoms in total. The molecule has 2 heterocycles. The van der Waals surface area contributed by atoms with Gasteiger partial charge in [0.1, 0.15) is 11.6 Å². The van der Waals surface area contributed by atoms with E-state index in [0.717, 1.165) is 46.0 Å². The number of hydrogen-bond donors (Lipinski definition) is 1. The lowest BCUT2D eigenvalue weighted by Gasteiger charge is -2.19. The van der Waals surface area contributed by atoms with E-state index >= 15 is 0 Å². The minimum Gasteiger partial charge on any atom is -0.504 e. The predicted octanol–water partition coefficient (Wildman–Crippen LogP) is 5.37. The zero-order valence-electron chi connectivity index (χ0n) is 16.3. The van der Waals surface area contributed by atoms with Crippen molar-refractivity contribution in [2.45, 2.75) is 20.0 Å². The second-order valence-electron chi connectivity index (χ2n) is 7.52. The van der Waals surface area contributed by atoms with Gasteiger partial charge < -0.3 is 9.84 Å². The number of fused-ring (bicyclic) bond motifs is 2. The SMILES string of the molecule is Cc1ccc(CN2CCOc3c(O)cc(-c4nc5ccccc5s4)cc3C2)cc1. The quantitative estimate of drug-likeness (QED) is 0.500. The molecule has 0 spiro atoms. The largest absolute Gasteiger partial charge is 0.504 e.